The molecule has 2 N–H and O–H groups in total. The summed E-state index contributed by atoms with van der Waals surface area (Å²) in [5.74, 6) is 3.19. The standard InChI is InChI=1S/C11H19N3S/c1-8-13-10(4-3-7-15-2)11(12)14(8)9-5-6-9/h9H,3-7,12H2,1-2H3. The average Bonchev–Trinajstić information content (AvgIpc) is 2.97. The van der Waals surface area contributed by atoms with Crippen molar-refractivity contribution in [2.45, 2.75) is 38.6 Å². The van der Waals surface area contributed by atoms with Crippen LogP contribution in [0.4, 0.5) is 5.82 Å². The Kier molecular flexibility index (Phi) is 3.24. The molecule has 0 aromatic carbocycles. The molecule has 0 bridgehead atoms. The van der Waals surface area contributed by atoms with Crippen molar-refractivity contribution >= 4 is 17.6 Å². The van der Waals surface area contributed by atoms with Crippen LogP contribution in [0, 0.1) is 6.92 Å². The van der Waals surface area contributed by atoms with Crippen molar-refractivity contribution in [3.63, 3.8) is 0 Å². The van der Waals surface area contributed by atoms with Crippen molar-refractivity contribution in [1.82, 2.24) is 9.55 Å². The molecule has 0 radical (unpaired) electrons. The van der Waals surface area contributed by atoms with E-state index >= 15 is 0 Å². The molecule has 84 valence electrons. The second-order valence-electron chi connectivity index (χ2n) is 4.19. The molecule has 0 aliphatic heterocycles. The van der Waals surface area contributed by atoms with Crippen LogP contribution in [-0.2, 0) is 6.42 Å². The van der Waals surface area contributed by atoms with Gasteiger partial charge >= 0.3 is 0 Å². The first-order chi connectivity index (χ1) is 7.24. The van der Waals surface area contributed by atoms with Gasteiger partial charge in [0.2, 0.25) is 0 Å². The number of nitrogens with two attached hydrogens (primary N) is 1. The molecule has 0 spiro atoms. The third-order valence-corrected chi connectivity index (χ3v) is 3.57. The van der Waals surface area contributed by atoms with Crippen LogP contribution < -0.4 is 5.73 Å². The van der Waals surface area contributed by atoms with E-state index in [9.17, 15) is 0 Å². The number of nitrogens with zero attached hydrogens (tertiary/aromatic N) is 2. The fraction of sp³-hybridized carbons (Fsp3) is 0.727. The molecule has 1 aromatic rings. The van der Waals surface area contributed by atoms with Gasteiger partial charge in [-0.2, -0.15) is 11.8 Å². The Morgan fingerprint density at radius 1 is 1.53 bits per heavy atom. The molecule has 0 saturated heterocycles. The number of imidazole rings is 1. The van der Waals surface area contributed by atoms with Crippen molar-refractivity contribution in [2.24, 2.45) is 0 Å². The van der Waals surface area contributed by atoms with Gasteiger partial charge in [-0.1, -0.05) is 0 Å². The highest BCUT2D eigenvalue weighted by molar-refractivity contribution is 7.98. The first-order valence-corrected chi connectivity index (χ1v) is 6.95. The molecule has 0 amide bonds. The highest BCUT2D eigenvalue weighted by atomic mass is 32.2. The number of aryl methyl sites for hydroxylation is 2. The highest BCUT2D eigenvalue weighted by Gasteiger charge is 2.28. The van der Waals surface area contributed by atoms with E-state index in [1.165, 1.54) is 25.0 Å². The number of thioether (sulfide) groups is 1. The van der Waals surface area contributed by atoms with Crippen LogP contribution in [0.25, 0.3) is 0 Å². The molecule has 4 heteroatoms. The van der Waals surface area contributed by atoms with Crippen LogP contribution in [0.1, 0.15) is 36.8 Å². The fourth-order valence-electron chi connectivity index (χ4n) is 1.98. The molecule has 1 aromatic heterocycles. The van der Waals surface area contributed by atoms with E-state index in [0.717, 1.165) is 23.8 Å². The topological polar surface area (TPSA) is 43.8 Å². The lowest BCUT2D eigenvalue weighted by molar-refractivity contribution is 0.720. The summed E-state index contributed by atoms with van der Waals surface area (Å²) >= 11 is 1.88. The summed E-state index contributed by atoms with van der Waals surface area (Å²) in [6.45, 7) is 2.06. The van der Waals surface area contributed by atoms with E-state index in [-0.39, 0.29) is 0 Å². The average molecular weight is 225 g/mol. The zero-order valence-electron chi connectivity index (χ0n) is 9.49. The zero-order chi connectivity index (χ0) is 10.8. The molecule has 15 heavy (non-hydrogen) atoms. The summed E-state index contributed by atoms with van der Waals surface area (Å²) < 4.78 is 2.22. The lowest BCUT2D eigenvalue weighted by Gasteiger charge is -2.04. The van der Waals surface area contributed by atoms with Crippen LogP contribution in [0.15, 0.2) is 0 Å². The third kappa shape index (κ3) is 2.30. The minimum absolute atomic E-state index is 0.645. The van der Waals surface area contributed by atoms with Crippen molar-refractivity contribution in [3.05, 3.63) is 11.5 Å². The van der Waals surface area contributed by atoms with Crippen LogP contribution in [0.5, 0.6) is 0 Å². The van der Waals surface area contributed by atoms with Gasteiger partial charge in [-0.25, -0.2) is 4.98 Å². The van der Waals surface area contributed by atoms with E-state index in [2.05, 4.69) is 22.7 Å². The summed E-state index contributed by atoms with van der Waals surface area (Å²) in [7, 11) is 0. The van der Waals surface area contributed by atoms with Gasteiger partial charge in [-0.05, 0) is 44.6 Å². The maximum absolute atomic E-state index is 6.12. The number of anilines is 1. The molecule has 1 aliphatic rings. The van der Waals surface area contributed by atoms with Gasteiger partial charge in [-0.3, -0.25) is 0 Å². The van der Waals surface area contributed by atoms with Gasteiger partial charge in [0.25, 0.3) is 0 Å². The Bertz CT molecular complexity index is 342. The van der Waals surface area contributed by atoms with Gasteiger partial charge in [0.15, 0.2) is 0 Å². The number of hydrogen-bond acceptors (Lipinski definition) is 3. The molecule has 2 rings (SSSR count). The first kappa shape index (κ1) is 10.9. The molecule has 1 fully saturated rings. The zero-order valence-corrected chi connectivity index (χ0v) is 10.3. The van der Waals surface area contributed by atoms with E-state index in [4.69, 9.17) is 5.73 Å². The Balaban J connectivity index is 2.07. The normalized spacial score (nSPS) is 15.9. The molecule has 0 atom stereocenters. The van der Waals surface area contributed by atoms with Gasteiger partial charge in [0.05, 0.1) is 5.69 Å². The maximum Gasteiger partial charge on any atom is 0.127 e. The molecular formula is C11H19N3S. The monoisotopic (exact) mass is 225 g/mol. The molecule has 1 saturated carbocycles. The van der Waals surface area contributed by atoms with E-state index in [1.54, 1.807) is 0 Å². The quantitative estimate of drug-likeness (QED) is 0.783. The fourth-order valence-corrected chi connectivity index (χ4v) is 2.41. The number of nitrogen functional groups attached to an aromatic ring is 1. The predicted octanol–water partition coefficient (Wildman–Crippen LogP) is 2.40. The van der Waals surface area contributed by atoms with Crippen LogP contribution >= 0.6 is 11.8 Å². The third-order valence-electron chi connectivity index (χ3n) is 2.87. The summed E-state index contributed by atoms with van der Waals surface area (Å²) in [4.78, 5) is 4.57. The van der Waals surface area contributed by atoms with Crippen molar-refractivity contribution in [3.8, 4) is 0 Å². The predicted molar refractivity (Wildman–Crippen MR) is 66.4 cm³/mol. The molecule has 3 nitrogen and oxygen atoms in total. The van der Waals surface area contributed by atoms with Gasteiger partial charge in [0, 0.05) is 6.04 Å². The lowest BCUT2D eigenvalue weighted by Crippen LogP contribution is -2.03. The summed E-state index contributed by atoms with van der Waals surface area (Å²) in [6, 6.07) is 0.645. The van der Waals surface area contributed by atoms with E-state index in [1.807, 2.05) is 11.8 Å². The Hall–Kier alpha value is -0.640. The maximum atomic E-state index is 6.12. The summed E-state index contributed by atoms with van der Waals surface area (Å²) in [5.41, 5.74) is 7.23. The second-order valence-corrected chi connectivity index (χ2v) is 5.17. The molecular weight excluding hydrogens is 206 g/mol. The minimum atomic E-state index is 0.645. The van der Waals surface area contributed by atoms with Crippen molar-refractivity contribution in [1.29, 1.82) is 0 Å². The van der Waals surface area contributed by atoms with Crippen molar-refractivity contribution < 1.29 is 0 Å². The Morgan fingerprint density at radius 3 is 2.87 bits per heavy atom. The Morgan fingerprint density at radius 2 is 2.27 bits per heavy atom. The highest BCUT2D eigenvalue weighted by Crippen LogP contribution is 2.38. The first-order valence-electron chi connectivity index (χ1n) is 5.56. The number of hydrogen-bond donors (Lipinski definition) is 1. The largest absolute Gasteiger partial charge is 0.384 e. The van der Waals surface area contributed by atoms with Gasteiger partial charge < -0.3 is 10.3 Å². The van der Waals surface area contributed by atoms with Crippen LogP contribution in [0.3, 0.4) is 0 Å². The molecule has 1 heterocycles. The van der Waals surface area contributed by atoms with Crippen LogP contribution in [-0.4, -0.2) is 21.6 Å². The minimum Gasteiger partial charge on any atom is -0.384 e. The SMILES string of the molecule is CSCCCc1nc(C)n(C2CC2)c1N. The van der Waals surface area contributed by atoms with Crippen LogP contribution in [0.2, 0.25) is 0 Å². The molecule has 1 aliphatic carbocycles. The smallest absolute Gasteiger partial charge is 0.127 e. The molecule has 0 unspecified atom stereocenters. The van der Waals surface area contributed by atoms with Gasteiger partial charge in [-0.15, -0.1) is 0 Å². The number of rotatable bonds is 5. The van der Waals surface area contributed by atoms with Gasteiger partial charge in [0.1, 0.15) is 11.6 Å². The Labute approximate surface area is 95.4 Å². The van der Waals surface area contributed by atoms with E-state index < -0.39 is 0 Å². The van der Waals surface area contributed by atoms with E-state index in [0.29, 0.717) is 6.04 Å². The second kappa shape index (κ2) is 4.47. The van der Waals surface area contributed by atoms with Crippen molar-refractivity contribution in [2.75, 3.05) is 17.7 Å². The number of aromatic nitrogens is 2. The summed E-state index contributed by atoms with van der Waals surface area (Å²) in [5, 5.41) is 0. The lowest BCUT2D eigenvalue weighted by atomic mass is 10.2. The summed E-state index contributed by atoms with van der Waals surface area (Å²) in [6.07, 6.45) is 6.87.